The van der Waals surface area contributed by atoms with Crippen LogP contribution in [-0.4, -0.2) is 3.91 Å². The summed E-state index contributed by atoms with van der Waals surface area (Å²) in [4.78, 5) is 10.9. The topological polar surface area (TPSA) is 29.1 Å². The zero-order valence-corrected chi connectivity index (χ0v) is 9.24. The first-order valence-corrected chi connectivity index (χ1v) is 5.39. The SMILES string of the molecule is O=C(I)NC1CCc2ccccc21. The van der Waals surface area contributed by atoms with Crippen LogP contribution in [0.4, 0.5) is 4.79 Å². The fourth-order valence-electron chi connectivity index (χ4n) is 1.84. The maximum atomic E-state index is 10.9. The van der Waals surface area contributed by atoms with E-state index in [9.17, 15) is 4.79 Å². The number of rotatable bonds is 1. The fourth-order valence-corrected chi connectivity index (χ4v) is 2.22. The molecule has 13 heavy (non-hydrogen) atoms. The zero-order valence-electron chi connectivity index (χ0n) is 7.09. The average molecular weight is 287 g/mol. The molecule has 1 aromatic rings. The molecule has 0 saturated heterocycles. The van der Waals surface area contributed by atoms with Gasteiger partial charge in [0.2, 0.25) is 0 Å². The van der Waals surface area contributed by atoms with Crippen LogP contribution in [0.2, 0.25) is 0 Å². The van der Waals surface area contributed by atoms with Crippen molar-refractivity contribution in [1.29, 1.82) is 0 Å². The minimum Gasteiger partial charge on any atom is -0.341 e. The summed E-state index contributed by atoms with van der Waals surface area (Å²) in [5.74, 6) is 0. The molecule has 1 aromatic carbocycles. The summed E-state index contributed by atoms with van der Waals surface area (Å²) >= 11 is 1.78. The number of hydrogen-bond acceptors (Lipinski definition) is 1. The van der Waals surface area contributed by atoms with Gasteiger partial charge in [0, 0.05) is 22.6 Å². The predicted molar refractivity (Wildman–Crippen MR) is 60.1 cm³/mol. The Morgan fingerprint density at radius 2 is 2.23 bits per heavy atom. The number of hydrogen-bond donors (Lipinski definition) is 1. The lowest BCUT2D eigenvalue weighted by molar-refractivity contribution is 0.259. The first-order chi connectivity index (χ1) is 6.27. The molecule has 68 valence electrons. The van der Waals surface area contributed by atoms with Gasteiger partial charge in [0.05, 0.1) is 6.04 Å². The standard InChI is InChI=1S/C10H10INO/c11-10(13)12-9-6-5-7-3-1-2-4-8(7)9/h1-4,9H,5-6H2,(H,12,13). The summed E-state index contributed by atoms with van der Waals surface area (Å²) in [5, 5.41) is 2.95. The number of carbonyl (C=O) groups is 1. The Labute approximate surface area is 90.9 Å². The summed E-state index contributed by atoms with van der Waals surface area (Å²) in [6.45, 7) is 0. The van der Waals surface area contributed by atoms with Crippen LogP contribution in [0.3, 0.4) is 0 Å². The van der Waals surface area contributed by atoms with Crippen LogP contribution in [0, 0.1) is 0 Å². The van der Waals surface area contributed by atoms with E-state index >= 15 is 0 Å². The highest BCUT2D eigenvalue weighted by atomic mass is 127. The van der Waals surface area contributed by atoms with Gasteiger partial charge in [0.15, 0.2) is 0 Å². The molecule has 0 saturated carbocycles. The van der Waals surface area contributed by atoms with E-state index in [4.69, 9.17) is 0 Å². The maximum Gasteiger partial charge on any atom is 0.281 e. The van der Waals surface area contributed by atoms with E-state index < -0.39 is 0 Å². The van der Waals surface area contributed by atoms with E-state index in [0.717, 1.165) is 12.8 Å². The third-order valence-corrected chi connectivity index (χ3v) is 2.73. The highest BCUT2D eigenvalue weighted by molar-refractivity contribution is 14.1. The van der Waals surface area contributed by atoms with Crippen LogP contribution in [0.15, 0.2) is 24.3 Å². The second-order valence-electron chi connectivity index (χ2n) is 3.21. The molecule has 0 spiro atoms. The normalized spacial score (nSPS) is 19.6. The molecule has 0 aromatic heterocycles. The smallest absolute Gasteiger partial charge is 0.281 e. The van der Waals surface area contributed by atoms with Crippen molar-refractivity contribution < 1.29 is 4.79 Å². The van der Waals surface area contributed by atoms with E-state index in [1.165, 1.54) is 11.1 Å². The molecule has 1 atom stereocenters. The Bertz CT molecular complexity index is 337. The van der Waals surface area contributed by atoms with Crippen molar-refractivity contribution in [3.05, 3.63) is 35.4 Å². The van der Waals surface area contributed by atoms with E-state index in [1.807, 2.05) is 12.1 Å². The van der Waals surface area contributed by atoms with E-state index in [0.29, 0.717) is 0 Å². The van der Waals surface area contributed by atoms with Gasteiger partial charge in [-0.05, 0) is 24.0 Å². The largest absolute Gasteiger partial charge is 0.341 e. The van der Waals surface area contributed by atoms with Gasteiger partial charge in [-0.2, -0.15) is 0 Å². The van der Waals surface area contributed by atoms with Crippen molar-refractivity contribution in [3.63, 3.8) is 0 Å². The van der Waals surface area contributed by atoms with Crippen LogP contribution in [0.1, 0.15) is 23.6 Å². The molecule has 0 aliphatic heterocycles. The van der Waals surface area contributed by atoms with Crippen molar-refractivity contribution in [2.24, 2.45) is 0 Å². The number of fused-ring (bicyclic) bond motifs is 1. The van der Waals surface area contributed by atoms with Gasteiger partial charge in [-0.15, -0.1) is 0 Å². The number of halogens is 1. The van der Waals surface area contributed by atoms with Crippen LogP contribution >= 0.6 is 22.6 Å². The summed E-state index contributed by atoms with van der Waals surface area (Å²) in [5.41, 5.74) is 2.66. The molecule has 1 unspecified atom stereocenters. The minimum atomic E-state index is 0.0271. The first kappa shape index (κ1) is 8.99. The monoisotopic (exact) mass is 287 g/mol. The Hall–Kier alpha value is -0.580. The molecule has 2 nitrogen and oxygen atoms in total. The Morgan fingerprint density at radius 1 is 1.46 bits per heavy atom. The lowest BCUT2D eigenvalue weighted by Gasteiger charge is -2.10. The molecule has 1 amide bonds. The highest BCUT2D eigenvalue weighted by Crippen LogP contribution is 2.30. The predicted octanol–water partition coefficient (Wildman–Crippen LogP) is 2.82. The second-order valence-corrected chi connectivity index (χ2v) is 4.19. The number of amides is 1. The maximum absolute atomic E-state index is 10.9. The van der Waals surface area contributed by atoms with Crippen LogP contribution in [-0.2, 0) is 6.42 Å². The number of carbonyl (C=O) groups excluding carboxylic acids is 1. The summed E-state index contributed by atoms with van der Waals surface area (Å²) in [6, 6.07) is 8.54. The molecule has 1 aliphatic rings. The van der Waals surface area contributed by atoms with Gasteiger partial charge < -0.3 is 5.32 Å². The highest BCUT2D eigenvalue weighted by Gasteiger charge is 2.22. The number of benzene rings is 1. The quantitative estimate of drug-likeness (QED) is 0.480. The van der Waals surface area contributed by atoms with E-state index in [1.54, 1.807) is 22.6 Å². The number of aryl methyl sites for hydroxylation is 1. The van der Waals surface area contributed by atoms with Crippen LogP contribution in [0.5, 0.6) is 0 Å². The van der Waals surface area contributed by atoms with Crippen molar-refractivity contribution in [2.45, 2.75) is 18.9 Å². The van der Waals surface area contributed by atoms with E-state index in [-0.39, 0.29) is 9.96 Å². The lowest BCUT2D eigenvalue weighted by Crippen LogP contribution is -2.20. The molecule has 1 aliphatic carbocycles. The number of nitrogens with one attached hydrogen (secondary N) is 1. The van der Waals surface area contributed by atoms with Gasteiger partial charge in [0.25, 0.3) is 3.91 Å². The molecule has 3 heteroatoms. The van der Waals surface area contributed by atoms with Crippen LogP contribution in [0.25, 0.3) is 0 Å². The summed E-state index contributed by atoms with van der Waals surface area (Å²) in [7, 11) is 0. The van der Waals surface area contributed by atoms with Crippen molar-refractivity contribution >= 4 is 26.5 Å². The third-order valence-electron chi connectivity index (χ3n) is 2.42. The fraction of sp³-hybridized carbons (Fsp3) is 0.300. The van der Waals surface area contributed by atoms with Gasteiger partial charge in [0.1, 0.15) is 0 Å². The second kappa shape index (κ2) is 3.65. The molecule has 0 radical (unpaired) electrons. The van der Waals surface area contributed by atoms with Crippen molar-refractivity contribution in [1.82, 2.24) is 5.32 Å². The zero-order chi connectivity index (χ0) is 9.26. The lowest BCUT2D eigenvalue weighted by atomic mass is 10.1. The molecule has 2 rings (SSSR count). The summed E-state index contributed by atoms with van der Waals surface area (Å²) < 4.78 is 0.0271. The third kappa shape index (κ3) is 1.85. The Kier molecular flexibility index (Phi) is 2.53. The van der Waals surface area contributed by atoms with Gasteiger partial charge in [-0.3, -0.25) is 4.79 Å². The minimum absolute atomic E-state index is 0.0271. The van der Waals surface area contributed by atoms with Crippen molar-refractivity contribution in [3.8, 4) is 0 Å². The molecule has 0 bridgehead atoms. The molecular weight excluding hydrogens is 277 g/mol. The van der Waals surface area contributed by atoms with E-state index in [2.05, 4.69) is 17.4 Å². The Morgan fingerprint density at radius 3 is 3.00 bits per heavy atom. The van der Waals surface area contributed by atoms with Gasteiger partial charge >= 0.3 is 0 Å². The van der Waals surface area contributed by atoms with Gasteiger partial charge in [-0.25, -0.2) is 0 Å². The molecule has 0 heterocycles. The summed E-state index contributed by atoms with van der Waals surface area (Å²) in [6.07, 6.45) is 2.12. The molecule has 1 N–H and O–H groups in total. The molecular formula is C10H10INO. The van der Waals surface area contributed by atoms with Crippen LogP contribution < -0.4 is 5.32 Å². The van der Waals surface area contributed by atoms with Crippen molar-refractivity contribution in [2.75, 3.05) is 0 Å². The average Bonchev–Trinajstić information content (AvgIpc) is 2.48. The molecule has 0 fully saturated rings. The first-order valence-electron chi connectivity index (χ1n) is 4.31. The van der Waals surface area contributed by atoms with Gasteiger partial charge in [-0.1, -0.05) is 24.3 Å². The Balaban J connectivity index is 2.23.